The largest absolute Gasteiger partial charge is 0.487 e. The van der Waals surface area contributed by atoms with E-state index >= 15 is 0 Å². The van der Waals surface area contributed by atoms with Crippen LogP contribution in [0, 0.1) is 10.1 Å². The fourth-order valence-electron chi connectivity index (χ4n) is 2.34. The molecule has 1 aromatic rings. The van der Waals surface area contributed by atoms with Gasteiger partial charge in [-0.3, -0.25) is 0 Å². The summed E-state index contributed by atoms with van der Waals surface area (Å²) in [7, 11) is 0. The van der Waals surface area contributed by atoms with Gasteiger partial charge in [-0.1, -0.05) is 12.1 Å². The maximum Gasteiger partial charge on any atom is 0.294 e. The molecule has 1 aliphatic rings. The van der Waals surface area contributed by atoms with Gasteiger partial charge in [0.1, 0.15) is 25.4 Å². The van der Waals surface area contributed by atoms with Crippen LogP contribution in [0.1, 0.15) is 26.3 Å². The normalized spacial score (nSPS) is 18.2. The van der Waals surface area contributed by atoms with Crippen molar-refractivity contribution in [1.82, 2.24) is 5.32 Å². The van der Waals surface area contributed by atoms with Crippen LogP contribution in [0.15, 0.2) is 18.2 Å². The number of nitrogens with zero attached hydrogens (tertiary/aromatic N) is 1. The van der Waals surface area contributed by atoms with Crippen molar-refractivity contribution in [2.45, 2.75) is 44.9 Å². The van der Waals surface area contributed by atoms with Gasteiger partial charge in [0.25, 0.3) is 5.09 Å². The van der Waals surface area contributed by atoms with Gasteiger partial charge in [-0.2, -0.15) is 0 Å². The van der Waals surface area contributed by atoms with Crippen molar-refractivity contribution < 1.29 is 24.5 Å². The van der Waals surface area contributed by atoms with Crippen LogP contribution in [0.3, 0.4) is 0 Å². The second-order valence-electron chi connectivity index (χ2n) is 6.81. The van der Waals surface area contributed by atoms with Gasteiger partial charge < -0.3 is 24.7 Å². The zero-order chi connectivity index (χ0) is 17.7. The van der Waals surface area contributed by atoms with E-state index < -0.39 is 17.3 Å². The van der Waals surface area contributed by atoms with Crippen LogP contribution in [-0.2, 0) is 11.3 Å². The second-order valence-corrected chi connectivity index (χ2v) is 6.81. The molecule has 0 saturated heterocycles. The highest BCUT2D eigenvalue weighted by atomic mass is 17.0. The maximum atomic E-state index is 10.4. The Labute approximate surface area is 140 Å². The molecule has 0 spiro atoms. The van der Waals surface area contributed by atoms with Gasteiger partial charge in [0.15, 0.2) is 11.5 Å². The highest BCUT2D eigenvalue weighted by Gasteiger charge is 2.25. The number of benzene rings is 1. The molecule has 0 radical (unpaired) electrons. The number of hydrogen-bond donors (Lipinski definition) is 2. The molecular weight excluding hydrogens is 316 g/mol. The van der Waals surface area contributed by atoms with Gasteiger partial charge in [0.2, 0.25) is 0 Å². The molecule has 0 amide bonds. The Balaban J connectivity index is 1.92. The third-order valence-electron chi connectivity index (χ3n) is 3.46. The first-order chi connectivity index (χ1) is 11.2. The molecule has 24 heavy (non-hydrogen) atoms. The van der Waals surface area contributed by atoms with Crippen LogP contribution in [0.25, 0.3) is 0 Å². The van der Waals surface area contributed by atoms with Gasteiger partial charge in [0.05, 0.1) is 0 Å². The summed E-state index contributed by atoms with van der Waals surface area (Å²) in [5.74, 6) is 1.07. The van der Waals surface area contributed by atoms with E-state index in [1.807, 2.05) is 26.8 Å². The maximum absolute atomic E-state index is 10.4. The molecule has 2 atom stereocenters. The highest BCUT2D eigenvalue weighted by Crippen LogP contribution is 2.35. The number of aliphatic hydroxyl groups is 1. The molecular formula is C16H24N2O6. The van der Waals surface area contributed by atoms with Crippen LogP contribution in [0.4, 0.5) is 0 Å². The Morgan fingerprint density at radius 3 is 2.92 bits per heavy atom. The van der Waals surface area contributed by atoms with E-state index in [0.29, 0.717) is 24.5 Å². The average Bonchev–Trinajstić information content (AvgIpc) is 2.49. The van der Waals surface area contributed by atoms with Crippen LogP contribution >= 0.6 is 0 Å². The summed E-state index contributed by atoms with van der Waals surface area (Å²) >= 11 is 0. The molecule has 0 fully saturated rings. The molecule has 0 saturated carbocycles. The second kappa shape index (κ2) is 7.67. The van der Waals surface area contributed by atoms with E-state index in [1.165, 1.54) is 0 Å². The summed E-state index contributed by atoms with van der Waals surface area (Å²) in [5.41, 5.74) is 0.704. The minimum absolute atomic E-state index is 0.0813. The van der Waals surface area contributed by atoms with Crippen molar-refractivity contribution in [2.75, 3.05) is 19.8 Å². The minimum Gasteiger partial charge on any atom is -0.487 e. The number of nitrogens with one attached hydrogen (secondary N) is 1. The molecule has 0 aromatic heterocycles. The van der Waals surface area contributed by atoms with E-state index in [2.05, 4.69) is 10.2 Å². The lowest BCUT2D eigenvalue weighted by Crippen LogP contribution is -2.42. The Bertz CT molecular complexity index is 572. The van der Waals surface area contributed by atoms with E-state index in [-0.39, 0.29) is 18.8 Å². The summed E-state index contributed by atoms with van der Waals surface area (Å²) in [5, 5.41) is 22.8. The van der Waals surface area contributed by atoms with Crippen LogP contribution < -0.4 is 14.8 Å². The molecule has 1 aromatic carbocycles. The summed E-state index contributed by atoms with van der Waals surface area (Å²) in [6.07, 6.45) is -0.902. The Hall–Kier alpha value is -2.06. The number of ether oxygens (including phenoxy) is 2. The third kappa shape index (κ3) is 5.54. The number of rotatable bonds is 7. The highest BCUT2D eigenvalue weighted by molar-refractivity contribution is 5.48. The number of aliphatic hydroxyl groups excluding tert-OH is 1. The van der Waals surface area contributed by atoms with Crippen molar-refractivity contribution in [3.63, 3.8) is 0 Å². The standard InChI is InChI=1S/C16H24N2O6/c1-16(2,3)17-8-12(19)9-22-14-6-4-5-11-7-13(24-18(20)21)10-23-15(11)14/h4-6,12-13,17,19H,7-10H2,1-3H3. The van der Waals surface area contributed by atoms with Crippen LogP contribution in [-0.4, -0.2) is 47.7 Å². The molecule has 134 valence electrons. The van der Waals surface area contributed by atoms with E-state index in [9.17, 15) is 15.2 Å². The number of hydrogen-bond acceptors (Lipinski definition) is 7. The van der Waals surface area contributed by atoms with Gasteiger partial charge >= 0.3 is 0 Å². The van der Waals surface area contributed by atoms with E-state index in [0.717, 1.165) is 5.56 Å². The molecule has 2 unspecified atom stereocenters. The summed E-state index contributed by atoms with van der Waals surface area (Å²) in [6.45, 7) is 6.68. The lowest BCUT2D eigenvalue weighted by atomic mass is 10.0. The molecule has 1 heterocycles. The van der Waals surface area contributed by atoms with Crippen molar-refractivity contribution in [3.8, 4) is 11.5 Å². The monoisotopic (exact) mass is 340 g/mol. The number of β-amino-alcohol motifs (C(OH)–C–C–N with tert-alkyl or cyclic N) is 1. The summed E-state index contributed by atoms with van der Waals surface area (Å²) in [6, 6.07) is 5.35. The first-order valence-electron chi connectivity index (χ1n) is 7.86. The number of fused-ring (bicyclic) bond motifs is 1. The first kappa shape index (κ1) is 18.3. The van der Waals surface area contributed by atoms with Gasteiger partial charge in [-0.15, -0.1) is 10.1 Å². The molecule has 8 nitrogen and oxygen atoms in total. The fourth-order valence-corrected chi connectivity index (χ4v) is 2.34. The predicted octanol–water partition coefficient (Wildman–Crippen LogP) is 1.33. The molecule has 8 heteroatoms. The summed E-state index contributed by atoms with van der Waals surface area (Å²) in [4.78, 5) is 15.0. The molecule has 0 bridgehead atoms. The Kier molecular flexibility index (Phi) is 5.84. The summed E-state index contributed by atoms with van der Waals surface area (Å²) < 4.78 is 11.2. The van der Waals surface area contributed by atoms with Gasteiger partial charge in [-0.05, 0) is 26.8 Å². The fraction of sp³-hybridized carbons (Fsp3) is 0.625. The lowest BCUT2D eigenvalue weighted by molar-refractivity contribution is -0.769. The minimum atomic E-state index is -0.808. The quantitative estimate of drug-likeness (QED) is 0.570. The molecule has 2 N–H and O–H groups in total. The first-order valence-corrected chi connectivity index (χ1v) is 7.86. The van der Waals surface area contributed by atoms with E-state index in [1.54, 1.807) is 12.1 Å². The lowest BCUT2D eigenvalue weighted by Gasteiger charge is -2.26. The molecule has 1 aliphatic heterocycles. The Morgan fingerprint density at radius 1 is 1.50 bits per heavy atom. The van der Waals surface area contributed by atoms with Crippen LogP contribution in [0.5, 0.6) is 11.5 Å². The Morgan fingerprint density at radius 2 is 2.25 bits per heavy atom. The average molecular weight is 340 g/mol. The third-order valence-corrected chi connectivity index (χ3v) is 3.46. The van der Waals surface area contributed by atoms with E-state index in [4.69, 9.17) is 9.47 Å². The SMILES string of the molecule is CC(C)(C)NCC(O)COc1cccc2c1OCC(O[N+](=O)[O-])C2. The molecule has 0 aliphatic carbocycles. The zero-order valence-electron chi connectivity index (χ0n) is 14.2. The number of para-hydroxylation sites is 1. The van der Waals surface area contributed by atoms with Crippen molar-refractivity contribution in [3.05, 3.63) is 33.9 Å². The van der Waals surface area contributed by atoms with Crippen molar-refractivity contribution >= 4 is 0 Å². The predicted molar refractivity (Wildman–Crippen MR) is 86.8 cm³/mol. The van der Waals surface area contributed by atoms with Gasteiger partial charge in [0, 0.05) is 24.1 Å². The smallest absolute Gasteiger partial charge is 0.294 e. The van der Waals surface area contributed by atoms with Crippen molar-refractivity contribution in [1.29, 1.82) is 0 Å². The van der Waals surface area contributed by atoms with Crippen LogP contribution in [0.2, 0.25) is 0 Å². The molecule has 2 rings (SSSR count). The van der Waals surface area contributed by atoms with Crippen molar-refractivity contribution in [2.24, 2.45) is 0 Å². The zero-order valence-corrected chi connectivity index (χ0v) is 14.2. The topological polar surface area (TPSA) is 103 Å². The van der Waals surface area contributed by atoms with Gasteiger partial charge in [-0.25, -0.2) is 0 Å².